The molecule has 2 rings (SSSR count). The molecule has 4 heteroatoms. The first-order valence-electron chi connectivity index (χ1n) is 9.70. The van der Waals surface area contributed by atoms with Crippen molar-refractivity contribution in [2.75, 3.05) is 14.2 Å². The number of rotatable bonds is 5. The highest BCUT2D eigenvalue weighted by Crippen LogP contribution is 2.62. The Morgan fingerprint density at radius 2 is 1.92 bits per heavy atom. The summed E-state index contributed by atoms with van der Waals surface area (Å²) < 4.78 is 9.90. The van der Waals surface area contributed by atoms with Crippen LogP contribution in [0.4, 0.5) is 0 Å². The molecule has 0 heterocycles. The van der Waals surface area contributed by atoms with E-state index in [0.717, 1.165) is 50.5 Å². The molecule has 0 amide bonds. The van der Waals surface area contributed by atoms with Crippen molar-refractivity contribution >= 4 is 11.9 Å². The number of fused-ring (bicyclic) bond motifs is 1. The van der Waals surface area contributed by atoms with Crippen LogP contribution in [0.3, 0.4) is 0 Å². The first-order valence-corrected chi connectivity index (χ1v) is 9.70. The highest BCUT2D eigenvalue weighted by molar-refractivity contribution is 5.82. The highest BCUT2D eigenvalue weighted by atomic mass is 16.5. The van der Waals surface area contributed by atoms with Gasteiger partial charge in [-0.1, -0.05) is 31.1 Å². The number of hydrogen-bond donors (Lipinski definition) is 0. The highest BCUT2D eigenvalue weighted by Gasteiger charge is 2.57. The SMILES string of the molecule is C=C1CCC2C(C)(C(=O)OC)CCCC2(C)C1CC/C(C)=C/C(=O)OC. The van der Waals surface area contributed by atoms with Gasteiger partial charge in [-0.25, -0.2) is 4.79 Å². The molecule has 4 nitrogen and oxygen atoms in total. The van der Waals surface area contributed by atoms with E-state index in [1.807, 2.05) is 6.92 Å². The Morgan fingerprint density at radius 1 is 1.23 bits per heavy atom. The fraction of sp³-hybridized carbons (Fsp3) is 0.727. The summed E-state index contributed by atoms with van der Waals surface area (Å²) >= 11 is 0. The number of ether oxygens (including phenoxy) is 2. The Labute approximate surface area is 158 Å². The molecule has 0 N–H and O–H groups in total. The van der Waals surface area contributed by atoms with Gasteiger partial charge in [0.15, 0.2) is 0 Å². The molecule has 2 aliphatic rings. The van der Waals surface area contributed by atoms with E-state index in [1.54, 1.807) is 6.08 Å². The molecule has 146 valence electrons. The third kappa shape index (κ3) is 3.74. The van der Waals surface area contributed by atoms with Crippen LogP contribution in [-0.4, -0.2) is 26.2 Å². The number of carbonyl (C=O) groups excluding carboxylic acids is 2. The van der Waals surface area contributed by atoms with Crippen molar-refractivity contribution in [3.63, 3.8) is 0 Å². The number of methoxy groups -OCH3 is 2. The van der Waals surface area contributed by atoms with Gasteiger partial charge < -0.3 is 9.47 Å². The minimum atomic E-state index is -0.405. The van der Waals surface area contributed by atoms with Crippen LogP contribution in [0.15, 0.2) is 23.8 Å². The number of hydrogen-bond acceptors (Lipinski definition) is 4. The van der Waals surface area contributed by atoms with E-state index in [-0.39, 0.29) is 17.4 Å². The fourth-order valence-corrected chi connectivity index (χ4v) is 5.66. The maximum absolute atomic E-state index is 12.6. The van der Waals surface area contributed by atoms with E-state index in [4.69, 9.17) is 9.47 Å². The zero-order chi connectivity index (χ0) is 19.5. The normalized spacial score (nSPS) is 34.8. The molecule has 0 bridgehead atoms. The molecule has 0 aromatic rings. The van der Waals surface area contributed by atoms with Crippen LogP contribution in [0.5, 0.6) is 0 Å². The van der Waals surface area contributed by atoms with Crippen LogP contribution >= 0.6 is 0 Å². The van der Waals surface area contributed by atoms with E-state index in [0.29, 0.717) is 11.8 Å². The topological polar surface area (TPSA) is 52.6 Å². The minimum absolute atomic E-state index is 0.0576. The van der Waals surface area contributed by atoms with Gasteiger partial charge in [-0.2, -0.15) is 0 Å². The monoisotopic (exact) mass is 362 g/mol. The van der Waals surface area contributed by atoms with Gasteiger partial charge in [-0.3, -0.25) is 4.79 Å². The van der Waals surface area contributed by atoms with Crippen molar-refractivity contribution in [3.8, 4) is 0 Å². The van der Waals surface area contributed by atoms with E-state index < -0.39 is 5.41 Å². The zero-order valence-electron chi connectivity index (χ0n) is 17.0. The molecule has 2 fully saturated rings. The first-order chi connectivity index (χ1) is 12.2. The van der Waals surface area contributed by atoms with Crippen molar-refractivity contribution in [2.45, 2.75) is 65.7 Å². The van der Waals surface area contributed by atoms with Crippen LogP contribution < -0.4 is 0 Å². The van der Waals surface area contributed by atoms with Gasteiger partial charge in [-0.15, -0.1) is 0 Å². The molecule has 4 atom stereocenters. The lowest BCUT2D eigenvalue weighted by Gasteiger charge is -2.57. The van der Waals surface area contributed by atoms with Crippen LogP contribution in [0.1, 0.15) is 65.7 Å². The summed E-state index contributed by atoms with van der Waals surface area (Å²) in [5, 5.41) is 0. The molecule has 0 spiro atoms. The van der Waals surface area contributed by atoms with Gasteiger partial charge >= 0.3 is 11.9 Å². The zero-order valence-corrected chi connectivity index (χ0v) is 17.0. The van der Waals surface area contributed by atoms with Crippen LogP contribution in [-0.2, 0) is 19.1 Å². The molecular weight excluding hydrogens is 328 g/mol. The van der Waals surface area contributed by atoms with E-state index in [9.17, 15) is 9.59 Å². The summed E-state index contributed by atoms with van der Waals surface area (Å²) in [7, 11) is 2.90. The average molecular weight is 363 g/mol. The standard InChI is InChI=1S/C22H34O4/c1-15(14-19(23)25-5)8-10-17-16(2)9-11-18-21(17,3)12-7-13-22(18,4)20(24)26-6/h14,17-18H,2,7-13H2,1,3-6H3/b15-14+. The second kappa shape index (κ2) is 7.98. The molecule has 0 aromatic carbocycles. The Hall–Kier alpha value is -1.58. The third-order valence-corrected chi connectivity index (χ3v) is 7.06. The van der Waals surface area contributed by atoms with Gasteiger partial charge in [0.2, 0.25) is 0 Å². The molecule has 2 saturated carbocycles. The largest absolute Gasteiger partial charge is 0.469 e. The minimum Gasteiger partial charge on any atom is -0.469 e. The van der Waals surface area contributed by atoms with E-state index >= 15 is 0 Å². The van der Waals surface area contributed by atoms with Crippen LogP contribution in [0, 0.1) is 22.7 Å². The van der Waals surface area contributed by atoms with Gasteiger partial charge in [0.05, 0.1) is 19.6 Å². The van der Waals surface area contributed by atoms with Gasteiger partial charge in [0.1, 0.15) is 0 Å². The smallest absolute Gasteiger partial charge is 0.330 e. The van der Waals surface area contributed by atoms with Crippen molar-refractivity contribution in [2.24, 2.45) is 22.7 Å². The maximum Gasteiger partial charge on any atom is 0.330 e. The van der Waals surface area contributed by atoms with Crippen molar-refractivity contribution < 1.29 is 19.1 Å². The van der Waals surface area contributed by atoms with Gasteiger partial charge in [-0.05, 0) is 69.6 Å². The van der Waals surface area contributed by atoms with Gasteiger partial charge in [0, 0.05) is 6.08 Å². The summed E-state index contributed by atoms with van der Waals surface area (Å²) in [6.45, 7) is 10.8. The molecule has 0 aromatic heterocycles. The Morgan fingerprint density at radius 3 is 2.54 bits per heavy atom. The predicted molar refractivity (Wildman–Crippen MR) is 102 cm³/mol. The summed E-state index contributed by atoms with van der Waals surface area (Å²) in [4.78, 5) is 24.0. The number of carbonyl (C=O) groups is 2. The molecule has 4 unspecified atom stereocenters. The first kappa shape index (κ1) is 20.7. The lowest BCUT2D eigenvalue weighted by molar-refractivity contribution is -0.168. The van der Waals surface area contributed by atoms with Crippen molar-refractivity contribution in [1.82, 2.24) is 0 Å². The van der Waals surface area contributed by atoms with Crippen molar-refractivity contribution in [1.29, 1.82) is 0 Å². The second-order valence-corrected chi connectivity index (χ2v) is 8.62. The molecule has 0 saturated heterocycles. The average Bonchev–Trinajstić information content (AvgIpc) is 2.59. The van der Waals surface area contributed by atoms with Crippen LogP contribution in [0.25, 0.3) is 0 Å². The number of esters is 2. The quantitative estimate of drug-likeness (QED) is 0.399. The molecule has 2 aliphatic carbocycles. The molecule has 0 aliphatic heterocycles. The molecule has 0 radical (unpaired) electrons. The lowest BCUT2D eigenvalue weighted by atomic mass is 9.46. The summed E-state index contributed by atoms with van der Waals surface area (Å²) in [6, 6.07) is 0. The van der Waals surface area contributed by atoms with Gasteiger partial charge in [0.25, 0.3) is 0 Å². The van der Waals surface area contributed by atoms with Crippen LogP contribution in [0.2, 0.25) is 0 Å². The fourth-order valence-electron chi connectivity index (χ4n) is 5.66. The van der Waals surface area contributed by atoms with E-state index in [2.05, 4.69) is 20.4 Å². The Balaban J connectivity index is 2.23. The summed E-state index contributed by atoms with van der Waals surface area (Å²) in [5.41, 5.74) is 1.98. The third-order valence-electron chi connectivity index (χ3n) is 7.06. The van der Waals surface area contributed by atoms with Crippen molar-refractivity contribution in [3.05, 3.63) is 23.8 Å². The maximum atomic E-state index is 12.6. The Kier molecular flexibility index (Phi) is 6.36. The Bertz CT molecular complexity index is 605. The van der Waals surface area contributed by atoms with E-state index in [1.165, 1.54) is 19.8 Å². The number of allylic oxidation sites excluding steroid dienone is 2. The molecule has 26 heavy (non-hydrogen) atoms. The lowest BCUT2D eigenvalue weighted by Crippen LogP contribution is -2.53. The summed E-state index contributed by atoms with van der Waals surface area (Å²) in [5.74, 6) is 0.314. The predicted octanol–water partition coefficient (Wildman–Crippen LogP) is 4.84. The molecular formula is C22H34O4. The summed E-state index contributed by atoms with van der Waals surface area (Å²) in [6.07, 6.45) is 8.42. The second-order valence-electron chi connectivity index (χ2n) is 8.62.